The van der Waals surface area contributed by atoms with E-state index in [0.717, 1.165) is 19.4 Å². The summed E-state index contributed by atoms with van der Waals surface area (Å²) in [6.45, 7) is 1.44. The maximum Gasteiger partial charge on any atom is 0.260 e. The van der Waals surface area contributed by atoms with Crippen molar-refractivity contribution in [3.05, 3.63) is 30.1 Å². The summed E-state index contributed by atoms with van der Waals surface area (Å²) in [5.41, 5.74) is 0. The number of hydrogen-bond acceptors (Lipinski definition) is 3. The van der Waals surface area contributed by atoms with Crippen LogP contribution in [-0.4, -0.2) is 43.6 Å². The summed E-state index contributed by atoms with van der Waals surface area (Å²) < 4.78 is 18.3. The molecule has 19 heavy (non-hydrogen) atoms. The van der Waals surface area contributed by atoms with Crippen LogP contribution in [0.1, 0.15) is 12.8 Å². The van der Waals surface area contributed by atoms with E-state index in [-0.39, 0.29) is 18.3 Å². The van der Waals surface area contributed by atoms with Crippen molar-refractivity contribution in [3.8, 4) is 5.75 Å². The standard InChI is InChI=1S/C14H19FN2O2/c1-16-12-5-3-7-17(9-12)14(18)10-19-13-6-2-4-11(15)8-13/h2,4,6,8,12,16H,3,5,7,9-10H2,1H3/t12-/m0/s1. The SMILES string of the molecule is CN[C@H]1CCCN(C(=O)COc2cccc(F)c2)C1. The number of amides is 1. The predicted octanol–water partition coefficient (Wildman–Crippen LogP) is 1.41. The smallest absolute Gasteiger partial charge is 0.260 e. The van der Waals surface area contributed by atoms with Gasteiger partial charge < -0.3 is 15.0 Å². The molecule has 1 saturated heterocycles. The van der Waals surface area contributed by atoms with Crippen LogP contribution in [0.2, 0.25) is 0 Å². The van der Waals surface area contributed by atoms with Crippen molar-refractivity contribution in [2.45, 2.75) is 18.9 Å². The van der Waals surface area contributed by atoms with Gasteiger partial charge in [-0.2, -0.15) is 0 Å². The molecule has 1 N–H and O–H groups in total. The average molecular weight is 266 g/mol. The lowest BCUT2D eigenvalue weighted by atomic mass is 10.1. The quantitative estimate of drug-likeness (QED) is 0.896. The van der Waals surface area contributed by atoms with E-state index in [9.17, 15) is 9.18 Å². The zero-order valence-corrected chi connectivity index (χ0v) is 11.1. The number of hydrogen-bond donors (Lipinski definition) is 1. The first-order valence-corrected chi connectivity index (χ1v) is 6.52. The molecule has 0 unspecified atom stereocenters. The first kappa shape index (κ1) is 13.8. The lowest BCUT2D eigenvalue weighted by Gasteiger charge is -2.32. The van der Waals surface area contributed by atoms with E-state index in [1.165, 1.54) is 12.1 Å². The summed E-state index contributed by atoms with van der Waals surface area (Å²) in [4.78, 5) is 13.8. The number of ether oxygens (including phenoxy) is 1. The Morgan fingerprint density at radius 2 is 2.42 bits per heavy atom. The van der Waals surface area contributed by atoms with Crippen LogP contribution in [0, 0.1) is 5.82 Å². The van der Waals surface area contributed by atoms with Crippen molar-refractivity contribution >= 4 is 5.91 Å². The fourth-order valence-corrected chi connectivity index (χ4v) is 2.23. The number of nitrogens with zero attached hydrogens (tertiary/aromatic N) is 1. The highest BCUT2D eigenvalue weighted by molar-refractivity contribution is 5.77. The molecule has 0 spiro atoms. The highest BCUT2D eigenvalue weighted by Gasteiger charge is 2.22. The zero-order chi connectivity index (χ0) is 13.7. The maximum absolute atomic E-state index is 13.0. The molecule has 1 aromatic rings. The third kappa shape index (κ3) is 3.92. The van der Waals surface area contributed by atoms with Crippen molar-refractivity contribution in [2.75, 3.05) is 26.7 Å². The summed E-state index contributed by atoms with van der Waals surface area (Å²) in [6, 6.07) is 6.18. The van der Waals surface area contributed by atoms with Gasteiger partial charge in [0.2, 0.25) is 0 Å². The number of carbonyl (C=O) groups is 1. The Bertz CT molecular complexity index is 439. The molecule has 1 amide bonds. The van der Waals surface area contributed by atoms with Crippen molar-refractivity contribution in [1.82, 2.24) is 10.2 Å². The summed E-state index contributed by atoms with van der Waals surface area (Å²) >= 11 is 0. The summed E-state index contributed by atoms with van der Waals surface area (Å²) in [5, 5.41) is 3.19. The molecule has 0 aliphatic carbocycles. The molecular weight excluding hydrogens is 247 g/mol. The first-order chi connectivity index (χ1) is 9.19. The molecular formula is C14H19FN2O2. The van der Waals surface area contributed by atoms with Crippen molar-refractivity contribution in [3.63, 3.8) is 0 Å². The Labute approximate surface area is 112 Å². The minimum atomic E-state index is -0.363. The van der Waals surface area contributed by atoms with E-state index >= 15 is 0 Å². The van der Waals surface area contributed by atoms with Gasteiger partial charge in [0, 0.05) is 25.2 Å². The Hall–Kier alpha value is -1.62. The number of carbonyl (C=O) groups excluding carboxylic acids is 1. The van der Waals surface area contributed by atoms with Crippen LogP contribution in [-0.2, 0) is 4.79 Å². The highest BCUT2D eigenvalue weighted by Crippen LogP contribution is 2.13. The van der Waals surface area contributed by atoms with E-state index in [0.29, 0.717) is 18.3 Å². The molecule has 0 saturated carbocycles. The molecule has 5 heteroatoms. The van der Waals surface area contributed by atoms with Crippen LogP contribution in [0.4, 0.5) is 4.39 Å². The summed E-state index contributed by atoms with van der Waals surface area (Å²) in [7, 11) is 1.90. The molecule has 0 radical (unpaired) electrons. The molecule has 0 bridgehead atoms. The van der Waals surface area contributed by atoms with Gasteiger partial charge in [0.15, 0.2) is 6.61 Å². The number of likely N-dealkylation sites (N-methyl/N-ethyl adjacent to an activating group) is 1. The first-order valence-electron chi connectivity index (χ1n) is 6.52. The third-order valence-electron chi connectivity index (χ3n) is 3.34. The van der Waals surface area contributed by atoms with Crippen LogP contribution in [0.3, 0.4) is 0 Å². The van der Waals surface area contributed by atoms with Crippen LogP contribution in [0.15, 0.2) is 24.3 Å². The highest BCUT2D eigenvalue weighted by atomic mass is 19.1. The Kier molecular flexibility index (Phi) is 4.74. The second kappa shape index (κ2) is 6.52. The molecule has 1 fully saturated rings. The van der Waals surface area contributed by atoms with Gasteiger partial charge in [0.1, 0.15) is 11.6 Å². The minimum Gasteiger partial charge on any atom is -0.484 e. The van der Waals surface area contributed by atoms with Crippen molar-refractivity contribution in [2.24, 2.45) is 0 Å². The molecule has 2 rings (SSSR count). The normalized spacial score (nSPS) is 19.3. The van der Waals surface area contributed by atoms with Crippen molar-refractivity contribution < 1.29 is 13.9 Å². The molecule has 1 aliphatic rings. The van der Waals surface area contributed by atoms with E-state index < -0.39 is 0 Å². The van der Waals surface area contributed by atoms with Gasteiger partial charge in [-0.1, -0.05) is 6.07 Å². The van der Waals surface area contributed by atoms with Gasteiger partial charge in [-0.3, -0.25) is 4.79 Å². The van der Waals surface area contributed by atoms with Crippen molar-refractivity contribution in [1.29, 1.82) is 0 Å². The Balaban J connectivity index is 1.84. The summed E-state index contributed by atoms with van der Waals surface area (Å²) in [5.74, 6) is -0.0297. The number of benzene rings is 1. The second-order valence-electron chi connectivity index (χ2n) is 4.71. The van der Waals surface area contributed by atoms with E-state index in [4.69, 9.17) is 4.74 Å². The monoisotopic (exact) mass is 266 g/mol. The second-order valence-corrected chi connectivity index (χ2v) is 4.71. The Morgan fingerprint density at radius 3 is 3.16 bits per heavy atom. The minimum absolute atomic E-state index is 0.0418. The topological polar surface area (TPSA) is 41.6 Å². The maximum atomic E-state index is 13.0. The van der Waals surface area contributed by atoms with Crippen LogP contribution >= 0.6 is 0 Å². The largest absolute Gasteiger partial charge is 0.484 e. The molecule has 1 heterocycles. The fraction of sp³-hybridized carbons (Fsp3) is 0.500. The van der Waals surface area contributed by atoms with Gasteiger partial charge in [-0.05, 0) is 32.0 Å². The van der Waals surface area contributed by atoms with Crippen LogP contribution in [0.5, 0.6) is 5.75 Å². The number of likely N-dealkylation sites (tertiary alicyclic amines) is 1. The van der Waals surface area contributed by atoms with E-state index in [2.05, 4.69) is 5.32 Å². The Morgan fingerprint density at radius 1 is 1.58 bits per heavy atom. The molecule has 1 aromatic carbocycles. The number of halogens is 1. The molecule has 1 atom stereocenters. The van der Waals surface area contributed by atoms with Gasteiger partial charge in [-0.15, -0.1) is 0 Å². The number of piperidine rings is 1. The number of nitrogens with one attached hydrogen (secondary N) is 1. The van der Waals surface area contributed by atoms with E-state index in [1.54, 1.807) is 17.0 Å². The lowest BCUT2D eigenvalue weighted by molar-refractivity contribution is -0.134. The van der Waals surface area contributed by atoms with Crippen LogP contribution in [0.25, 0.3) is 0 Å². The molecule has 1 aliphatic heterocycles. The predicted molar refractivity (Wildman–Crippen MR) is 70.6 cm³/mol. The van der Waals surface area contributed by atoms with E-state index in [1.807, 2.05) is 7.05 Å². The molecule has 104 valence electrons. The average Bonchev–Trinajstić information content (AvgIpc) is 2.45. The van der Waals surface area contributed by atoms with Gasteiger partial charge in [-0.25, -0.2) is 4.39 Å². The van der Waals surface area contributed by atoms with Gasteiger partial charge >= 0.3 is 0 Å². The van der Waals surface area contributed by atoms with Gasteiger partial charge in [0.05, 0.1) is 0 Å². The number of rotatable bonds is 4. The summed E-state index contributed by atoms with van der Waals surface area (Å²) in [6.07, 6.45) is 2.09. The molecule has 4 nitrogen and oxygen atoms in total. The van der Waals surface area contributed by atoms with Crippen LogP contribution < -0.4 is 10.1 Å². The molecule has 0 aromatic heterocycles. The zero-order valence-electron chi connectivity index (χ0n) is 11.1. The fourth-order valence-electron chi connectivity index (χ4n) is 2.23. The third-order valence-corrected chi connectivity index (χ3v) is 3.34. The van der Waals surface area contributed by atoms with Gasteiger partial charge in [0.25, 0.3) is 5.91 Å². The lowest BCUT2D eigenvalue weighted by Crippen LogP contribution is -2.48.